The molecule has 1 atom stereocenters. The van der Waals surface area contributed by atoms with E-state index in [0.29, 0.717) is 0 Å². The van der Waals surface area contributed by atoms with Crippen molar-refractivity contribution in [2.45, 2.75) is 29.6 Å². The van der Waals surface area contributed by atoms with E-state index in [-0.39, 0.29) is 31.4 Å². The minimum absolute atomic E-state index is 0.0804. The summed E-state index contributed by atoms with van der Waals surface area (Å²) in [5.74, 6) is -1.55. The fourth-order valence-corrected chi connectivity index (χ4v) is 5.52. The summed E-state index contributed by atoms with van der Waals surface area (Å²) < 4.78 is 5.44. The van der Waals surface area contributed by atoms with Crippen LogP contribution in [0, 0.1) is 5.92 Å². The van der Waals surface area contributed by atoms with Gasteiger partial charge in [-0.05, 0) is 42.3 Å². The molecule has 2 heterocycles. The molecule has 172 valence electrons. The van der Waals surface area contributed by atoms with Gasteiger partial charge in [-0.2, -0.15) is 0 Å². The summed E-state index contributed by atoms with van der Waals surface area (Å²) in [6.45, 7) is 1.91. The van der Waals surface area contributed by atoms with Crippen molar-refractivity contribution in [3.05, 3.63) is 78.4 Å². The second kappa shape index (κ2) is 9.35. The molecule has 1 fully saturated rings. The molecule has 0 aliphatic carbocycles. The second-order valence-electron chi connectivity index (χ2n) is 8.26. The molecular weight excluding hydrogens is 448 g/mol. The van der Waals surface area contributed by atoms with E-state index in [0.717, 1.165) is 38.8 Å². The smallest absolute Gasteiger partial charge is 0.311 e. The molecule has 0 bridgehead atoms. The first kappa shape index (κ1) is 22.2. The third-order valence-electron chi connectivity index (χ3n) is 6.14. The van der Waals surface area contributed by atoms with Gasteiger partial charge in [0, 0.05) is 28.4 Å². The number of amides is 2. The number of ether oxygens (including phenoxy) is 1. The van der Waals surface area contributed by atoms with Crippen molar-refractivity contribution in [1.82, 2.24) is 0 Å². The number of hydrogen-bond donors (Lipinski definition) is 0. The molecule has 0 radical (unpaired) electrons. The van der Waals surface area contributed by atoms with Crippen molar-refractivity contribution < 1.29 is 19.1 Å². The molecule has 3 aromatic carbocycles. The van der Waals surface area contributed by atoms with Gasteiger partial charge in [0.2, 0.25) is 5.91 Å². The van der Waals surface area contributed by atoms with Crippen LogP contribution in [0.15, 0.2) is 82.6 Å². The summed E-state index contributed by atoms with van der Waals surface area (Å²) in [5, 5.41) is 0. The lowest BCUT2D eigenvalue weighted by Gasteiger charge is -2.30. The molecule has 6 nitrogen and oxygen atoms in total. The first-order valence-electron chi connectivity index (χ1n) is 11.3. The van der Waals surface area contributed by atoms with E-state index in [1.807, 2.05) is 79.7 Å². The Labute approximate surface area is 202 Å². The largest absolute Gasteiger partial charge is 0.455 e. The van der Waals surface area contributed by atoms with Gasteiger partial charge >= 0.3 is 5.97 Å². The molecule has 0 N–H and O–H groups in total. The highest BCUT2D eigenvalue weighted by Crippen LogP contribution is 2.47. The lowest BCUT2D eigenvalue weighted by atomic mass is 10.1. The van der Waals surface area contributed by atoms with Gasteiger partial charge in [0.25, 0.3) is 5.91 Å². The Bertz CT molecular complexity index is 1230. The van der Waals surface area contributed by atoms with Crippen LogP contribution in [0.4, 0.5) is 17.1 Å². The number of aryl methyl sites for hydroxylation is 1. The van der Waals surface area contributed by atoms with Crippen molar-refractivity contribution in [2.75, 3.05) is 23.0 Å². The van der Waals surface area contributed by atoms with Crippen molar-refractivity contribution >= 4 is 46.6 Å². The average Bonchev–Trinajstić information content (AvgIpc) is 3.26. The Balaban J connectivity index is 1.29. The fourth-order valence-electron chi connectivity index (χ4n) is 4.46. The zero-order valence-corrected chi connectivity index (χ0v) is 19.6. The zero-order chi connectivity index (χ0) is 23.7. The van der Waals surface area contributed by atoms with Crippen LogP contribution in [0.2, 0.25) is 0 Å². The molecule has 34 heavy (non-hydrogen) atoms. The minimum atomic E-state index is -0.596. The first-order valence-corrected chi connectivity index (χ1v) is 12.1. The number of carbonyl (C=O) groups is 3. The van der Waals surface area contributed by atoms with Crippen LogP contribution in [-0.4, -0.2) is 30.9 Å². The SMILES string of the molecule is CCc1ccccc1N1CC(C(=O)OCC(=O)N2c3ccccc3Sc3ccccc32)CC1=O. The Morgan fingerprint density at radius 2 is 1.50 bits per heavy atom. The van der Waals surface area contributed by atoms with Gasteiger partial charge in [0.05, 0.1) is 17.3 Å². The summed E-state index contributed by atoms with van der Waals surface area (Å²) in [4.78, 5) is 43.9. The van der Waals surface area contributed by atoms with Crippen LogP contribution in [0.3, 0.4) is 0 Å². The van der Waals surface area contributed by atoms with Gasteiger partial charge in [-0.3, -0.25) is 19.3 Å². The van der Waals surface area contributed by atoms with Gasteiger partial charge in [0.1, 0.15) is 0 Å². The predicted molar refractivity (Wildman–Crippen MR) is 131 cm³/mol. The Kier molecular flexibility index (Phi) is 6.11. The lowest BCUT2D eigenvalue weighted by molar-refractivity contribution is -0.151. The maximum atomic E-state index is 13.2. The van der Waals surface area contributed by atoms with Crippen LogP contribution >= 0.6 is 11.8 Å². The van der Waals surface area contributed by atoms with Gasteiger partial charge in [-0.1, -0.05) is 61.2 Å². The topological polar surface area (TPSA) is 66.9 Å². The van der Waals surface area contributed by atoms with E-state index in [4.69, 9.17) is 4.74 Å². The van der Waals surface area contributed by atoms with Gasteiger partial charge in [0.15, 0.2) is 6.61 Å². The van der Waals surface area contributed by atoms with E-state index in [9.17, 15) is 14.4 Å². The number of carbonyl (C=O) groups excluding carboxylic acids is 3. The van der Waals surface area contributed by atoms with Crippen molar-refractivity contribution in [2.24, 2.45) is 5.92 Å². The normalized spacial score (nSPS) is 16.7. The fraction of sp³-hybridized carbons (Fsp3) is 0.222. The second-order valence-corrected chi connectivity index (χ2v) is 9.35. The molecule has 0 saturated carbocycles. The summed E-state index contributed by atoms with van der Waals surface area (Å²) in [6, 6.07) is 23.0. The van der Waals surface area contributed by atoms with Crippen LogP contribution in [-0.2, 0) is 25.5 Å². The molecule has 3 aromatic rings. The maximum Gasteiger partial charge on any atom is 0.311 e. The van der Waals surface area contributed by atoms with E-state index >= 15 is 0 Å². The standard InChI is InChI=1S/C27H24N2O4S/c1-2-18-9-3-4-10-20(18)28-16-19(15-25(28)30)27(32)33-17-26(31)29-21-11-5-7-13-23(21)34-24-14-8-6-12-22(24)29/h3-14,19H,2,15-17H2,1H3. The lowest BCUT2D eigenvalue weighted by Crippen LogP contribution is -2.34. The molecular formula is C27H24N2O4S. The van der Waals surface area contributed by atoms with Crippen molar-refractivity contribution in [1.29, 1.82) is 0 Å². The molecule has 5 rings (SSSR count). The molecule has 1 saturated heterocycles. The highest BCUT2D eigenvalue weighted by atomic mass is 32.2. The van der Waals surface area contributed by atoms with Crippen LogP contribution in [0.5, 0.6) is 0 Å². The van der Waals surface area contributed by atoms with E-state index < -0.39 is 11.9 Å². The molecule has 0 aromatic heterocycles. The van der Waals surface area contributed by atoms with E-state index in [1.165, 1.54) is 0 Å². The van der Waals surface area contributed by atoms with Crippen molar-refractivity contribution in [3.63, 3.8) is 0 Å². The summed E-state index contributed by atoms with van der Waals surface area (Å²) in [5.41, 5.74) is 3.43. The minimum Gasteiger partial charge on any atom is -0.455 e. The molecule has 2 amide bonds. The van der Waals surface area contributed by atoms with Crippen molar-refractivity contribution in [3.8, 4) is 0 Å². The monoisotopic (exact) mass is 472 g/mol. The quantitative estimate of drug-likeness (QED) is 0.490. The maximum absolute atomic E-state index is 13.2. The number of benzene rings is 3. The summed E-state index contributed by atoms with van der Waals surface area (Å²) >= 11 is 1.61. The summed E-state index contributed by atoms with van der Waals surface area (Å²) in [6.07, 6.45) is 0.873. The number of fused-ring (bicyclic) bond motifs is 2. The Morgan fingerprint density at radius 1 is 0.912 bits per heavy atom. The van der Waals surface area contributed by atoms with Gasteiger partial charge in [-0.25, -0.2) is 0 Å². The third-order valence-corrected chi connectivity index (χ3v) is 7.27. The Hall–Kier alpha value is -3.58. The number of anilines is 3. The molecule has 1 unspecified atom stereocenters. The number of hydrogen-bond acceptors (Lipinski definition) is 5. The molecule has 0 spiro atoms. The van der Waals surface area contributed by atoms with Gasteiger partial charge < -0.3 is 9.64 Å². The zero-order valence-electron chi connectivity index (χ0n) is 18.8. The number of para-hydroxylation sites is 3. The molecule has 2 aliphatic heterocycles. The van der Waals surface area contributed by atoms with Crippen LogP contribution in [0.25, 0.3) is 0 Å². The van der Waals surface area contributed by atoms with Crippen LogP contribution in [0.1, 0.15) is 18.9 Å². The molecule has 2 aliphatic rings. The van der Waals surface area contributed by atoms with Gasteiger partial charge in [-0.15, -0.1) is 0 Å². The van der Waals surface area contributed by atoms with E-state index in [1.54, 1.807) is 21.6 Å². The third kappa shape index (κ3) is 4.07. The summed E-state index contributed by atoms with van der Waals surface area (Å²) in [7, 11) is 0. The first-order chi connectivity index (χ1) is 16.6. The molecule has 7 heteroatoms. The highest BCUT2D eigenvalue weighted by Gasteiger charge is 2.37. The average molecular weight is 473 g/mol. The van der Waals surface area contributed by atoms with Crippen LogP contribution < -0.4 is 9.80 Å². The number of esters is 1. The number of rotatable bonds is 5. The number of nitrogens with zero attached hydrogens (tertiary/aromatic N) is 2. The highest BCUT2D eigenvalue weighted by molar-refractivity contribution is 7.99. The predicted octanol–water partition coefficient (Wildman–Crippen LogP) is 4.97. The van der Waals surface area contributed by atoms with E-state index in [2.05, 4.69) is 0 Å². The Morgan fingerprint density at radius 3 is 2.15 bits per heavy atom.